The molecule has 0 fully saturated rings. The van der Waals surface area contributed by atoms with Gasteiger partial charge in [0.15, 0.2) is 0 Å². The van der Waals surface area contributed by atoms with Gasteiger partial charge in [-0.3, -0.25) is 7.05 Å². The molecule has 2 rings (SSSR count). The Kier molecular flexibility index (Phi) is 16.9. The largest absolute Gasteiger partial charge is 3.00 e. The third-order valence-electron chi connectivity index (χ3n) is 1.16. The van der Waals surface area contributed by atoms with E-state index in [1.807, 2.05) is 60.7 Å². The maximum atomic E-state index is 4.25. The first kappa shape index (κ1) is 15.9. The van der Waals surface area contributed by atoms with Crippen LogP contribution in [0.4, 0.5) is 0 Å². The topological polar surface area (TPSA) is 26.0 Å². The molecule has 0 heterocycles. The first-order valence-corrected chi connectivity index (χ1v) is 3.99. The molecule has 2 N–H and O–H groups in total. The van der Waals surface area contributed by atoms with E-state index in [9.17, 15) is 0 Å². The standard InChI is InChI=1S/C6H5.C5H5.CH4N.Zr/c1-2-4-6-5-3-1;1-2-4-5-3-1;1-2;/h1-5H;1-5H;1-2H2;/q3*-1;+3. The molecular weight excluding hydrogens is 249 g/mol. The molecule has 2 aromatic carbocycles. The molecule has 0 aromatic heterocycles. The van der Waals surface area contributed by atoms with Gasteiger partial charge in [0.2, 0.25) is 0 Å². The SMILES string of the molecule is [CH2-]N.[Zr+3].[c-]1ccccc1.c1cc[cH-]c1. The predicted octanol–water partition coefficient (Wildman–Crippen LogP) is 2.63. The van der Waals surface area contributed by atoms with Crippen LogP contribution in [-0.4, -0.2) is 0 Å². The maximum Gasteiger partial charge on any atom is 3.00 e. The first-order valence-electron chi connectivity index (χ1n) is 3.99. The van der Waals surface area contributed by atoms with E-state index in [1.54, 1.807) is 0 Å². The molecule has 14 heavy (non-hydrogen) atoms. The van der Waals surface area contributed by atoms with E-state index >= 15 is 0 Å². The van der Waals surface area contributed by atoms with Crippen molar-refractivity contribution in [2.75, 3.05) is 0 Å². The summed E-state index contributed by atoms with van der Waals surface area (Å²) in [4.78, 5) is 0. The van der Waals surface area contributed by atoms with Gasteiger partial charge >= 0.3 is 26.2 Å². The normalized spacial score (nSPS) is 6.71. The fourth-order valence-electron chi connectivity index (χ4n) is 0.663. The molecule has 2 aromatic rings. The average Bonchev–Trinajstić information content (AvgIpc) is 2.82. The minimum atomic E-state index is 0. The number of nitrogens with two attached hydrogens (primary N) is 1. The predicted molar refractivity (Wildman–Crippen MR) is 56.9 cm³/mol. The third kappa shape index (κ3) is 11.4. The van der Waals surface area contributed by atoms with E-state index in [1.165, 1.54) is 0 Å². The van der Waals surface area contributed by atoms with Gasteiger partial charge in [0, 0.05) is 0 Å². The number of hydrogen-bond acceptors (Lipinski definition) is 1. The molecule has 0 spiro atoms. The molecule has 0 unspecified atom stereocenters. The summed E-state index contributed by atoms with van der Waals surface area (Å²) in [6.45, 7) is 0. The second kappa shape index (κ2) is 14.9. The Labute approximate surface area is 105 Å². The summed E-state index contributed by atoms with van der Waals surface area (Å²) < 4.78 is 0. The third-order valence-corrected chi connectivity index (χ3v) is 1.16. The minimum absolute atomic E-state index is 0. The van der Waals surface area contributed by atoms with Gasteiger partial charge in [-0.15, -0.1) is 0 Å². The van der Waals surface area contributed by atoms with Gasteiger partial charge in [-0.25, -0.2) is 12.1 Å². The quantitative estimate of drug-likeness (QED) is 0.727. The Bertz CT molecular complexity index is 196. The zero-order valence-corrected chi connectivity index (χ0v) is 10.5. The Morgan fingerprint density at radius 1 is 0.857 bits per heavy atom. The monoisotopic (exact) mass is 262 g/mol. The summed E-state index contributed by atoms with van der Waals surface area (Å²) in [5, 5.41) is 0. The Hall–Kier alpha value is -0.587. The van der Waals surface area contributed by atoms with Crippen LogP contribution in [0.5, 0.6) is 0 Å². The van der Waals surface area contributed by atoms with Crippen molar-refractivity contribution in [3.05, 3.63) is 73.8 Å². The minimum Gasteiger partial charge on any atom is -0.486 e. The fourth-order valence-corrected chi connectivity index (χ4v) is 0.663. The van der Waals surface area contributed by atoms with Crippen LogP contribution < -0.4 is 5.73 Å². The molecule has 1 radical (unpaired) electrons. The van der Waals surface area contributed by atoms with Crippen molar-refractivity contribution in [1.29, 1.82) is 0 Å². The van der Waals surface area contributed by atoms with Crippen LogP contribution in [0.1, 0.15) is 0 Å². The van der Waals surface area contributed by atoms with Crippen LogP contribution in [0.3, 0.4) is 0 Å². The molecule has 0 aliphatic carbocycles. The molecule has 0 amide bonds. The molecule has 0 saturated carbocycles. The van der Waals surface area contributed by atoms with Crippen LogP contribution in [0.15, 0.2) is 60.7 Å². The van der Waals surface area contributed by atoms with Gasteiger partial charge in [0.25, 0.3) is 0 Å². The molecule has 1 nitrogen and oxygen atoms in total. The number of hydrogen-bond donors (Lipinski definition) is 1. The summed E-state index contributed by atoms with van der Waals surface area (Å²) in [6.07, 6.45) is 0. The molecule has 0 aliphatic rings. The second-order valence-electron chi connectivity index (χ2n) is 2.04. The Morgan fingerprint density at radius 3 is 1.50 bits per heavy atom. The molecular formula is C12H14NZr. The molecule has 0 aliphatic heterocycles. The molecule has 0 bridgehead atoms. The van der Waals surface area contributed by atoms with E-state index in [2.05, 4.69) is 18.8 Å². The van der Waals surface area contributed by atoms with Crippen molar-refractivity contribution in [2.45, 2.75) is 0 Å². The van der Waals surface area contributed by atoms with Crippen LogP contribution in [0.25, 0.3) is 0 Å². The van der Waals surface area contributed by atoms with Crippen molar-refractivity contribution in [3.63, 3.8) is 0 Å². The summed E-state index contributed by atoms with van der Waals surface area (Å²) in [7, 11) is 2.75. The first-order chi connectivity index (χ1) is 6.50. The van der Waals surface area contributed by atoms with Crippen LogP contribution in [0, 0.1) is 13.1 Å². The van der Waals surface area contributed by atoms with Gasteiger partial charge in [-0.2, -0.15) is 54.6 Å². The maximum absolute atomic E-state index is 4.25. The second-order valence-corrected chi connectivity index (χ2v) is 2.04. The molecule has 0 atom stereocenters. The van der Waals surface area contributed by atoms with Gasteiger partial charge < -0.3 is 5.73 Å². The van der Waals surface area contributed by atoms with Gasteiger partial charge in [0.1, 0.15) is 0 Å². The zero-order valence-electron chi connectivity index (χ0n) is 8.06. The van der Waals surface area contributed by atoms with Crippen LogP contribution in [0.2, 0.25) is 0 Å². The van der Waals surface area contributed by atoms with Gasteiger partial charge in [-0.1, -0.05) is 0 Å². The smallest absolute Gasteiger partial charge is 0.486 e. The van der Waals surface area contributed by atoms with Crippen molar-refractivity contribution in [3.8, 4) is 0 Å². The van der Waals surface area contributed by atoms with E-state index < -0.39 is 0 Å². The fraction of sp³-hybridized carbons (Fsp3) is 0. The van der Waals surface area contributed by atoms with Crippen molar-refractivity contribution < 1.29 is 26.2 Å². The van der Waals surface area contributed by atoms with E-state index in [-0.39, 0.29) is 26.2 Å². The average molecular weight is 263 g/mol. The summed E-state index contributed by atoms with van der Waals surface area (Å²) in [5.74, 6) is 0. The van der Waals surface area contributed by atoms with Gasteiger partial charge in [0.05, 0.1) is 0 Å². The summed E-state index contributed by atoms with van der Waals surface area (Å²) >= 11 is 0. The van der Waals surface area contributed by atoms with E-state index in [4.69, 9.17) is 0 Å². The van der Waals surface area contributed by atoms with E-state index in [0.717, 1.165) is 0 Å². The molecule has 0 saturated heterocycles. The number of rotatable bonds is 0. The Balaban J connectivity index is 0. The van der Waals surface area contributed by atoms with Crippen LogP contribution >= 0.6 is 0 Å². The van der Waals surface area contributed by atoms with Gasteiger partial charge in [-0.05, 0) is 0 Å². The van der Waals surface area contributed by atoms with Crippen LogP contribution in [-0.2, 0) is 26.2 Å². The Morgan fingerprint density at radius 2 is 1.36 bits per heavy atom. The number of benzene rings is 1. The van der Waals surface area contributed by atoms with Crippen molar-refractivity contribution in [2.24, 2.45) is 5.73 Å². The van der Waals surface area contributed by atoms with Crippen molar-refractivity contribution >= 4 is 0 Å². The van der Waals surface area contributed by atoms with Crippen molar-refractivity contribution in [1.82, 2.24) is 0 Å². The molecule has 2 heteroatoms. The molecule has 71 valence electrons. The zero-order chi connectivity index (χ0) is 9.78. The summed E-state index contributed by atoms with van der Waals surface area (Å²) in [6, 6.07) is 22.5. The summed E-state index contributed by atoms with van der Waals surface area (Å²) in [5.41, 5.74) is 4.25. The van der Waals surface area contributed by atoms with E-state index in [0.29, 0.717) is 0 Å².